The van der Waals surface area contributed by atoms with Crippen molar-refractivity contribution in [3.05, 3.63) is 71.1 Å². The number of thiazole rings is 1. The highest BCUT2D eigenvalue weighted by atomic mass is 32.1. The topological polar surface area (TPSA) is 88.4 Å². The molecule has 0 saturated heterocycles. The predicted molar refractivity (Wildman–Crippen MR) is 119 cm³/mol. The summed E-state index contributed by atoms with van der Waals surface area (Å²) >= 11 is 1.43. The van der Waals surface area contributed by atoms with E-state index in [9.17, 15) is 9.59 Å². The van der Waals surface area contributed by atoms with Gasteiger partial charge in [-0.3, -0.25) is 14.9 Å². The maximum Gasteiger partial charge on any atom is 0.250 e. The summed E-state index contributed by atoms with van der Waals surface area (Å²) in [7, 11) is 0. The zero-order valence-electron chi connectivity index (χ0n) is 16.4. The average molecular weight is 417 g/mol. The van der Waals surface area contributed by atoms with Crippen molar-refractivity contribution in [2.24, 2.45) is 0 Å². The van der Waals surface area contributed by atoms with E-state index in [0.717, 1.165) is 22.5 Å². The number of fused-ring (bicyclic) bond motifs is 1. The Labute approximate surface area is 177 Å². The van der Waals surface area contributed by atoms with Gasteiger partial charge in [-0.2, -0.15) is 4.98 Å². The van der Waals surface area contributed by atoms with Gasteiger partial charge in [-0.1, -0.05) is 42.0 Å². The van der Waals surface area contributed by atoms with Crippen LogP contribution in [0.4, 0.5) is 11.6 Å². The molecule has 4 rings (SSSR count). The number of rotatable bonds is 5. The number of anilines is 2. The summed E-state index contributed by atoms with van der Waals surface area (Å²) in [6, 6.07) is 15.3. The first-order valence-electron chi connectivity index (χ1n) is 9.26. The first-order chi connectivity index (χ1) is 14.5. The third kappa shape index (κ3) is 4.44. The van der Waals surface area contributed by atoms with Gasteiger partial charge >= 0.3 is 0 Å². The average Bonchev–Trinajstić information content (AvgIpc) is 3.28. The van der Waals surface area contributed by atoms with E-state index in [1.165, 1.54) is 29.9 Å². The Balaban J connectivity index is 1.49. The standard InChI is InChI=1S/C22H19N5O2S/c1-14-3-5-16(6-4-14)7-12-20(29)24-21-25-22-27(26-21)19(13-30-22)17-8-10-18(11-9-17)23-15(2)28/h3-13H,1-2H3,(H,23,28)(H,24,26,29)/b12-7+. The van der Waals surface area contributed by atoms with E-state index >= 15 is 0 Å². The van der Waals surface area contributed by atoms with E-state index in [1.54, 1.807) is 10.6 Å². The number of hydrogen-bond donors (Lipinski definition) is 2. The molecular weight excluding hydrogens is 398 g/mol. The fourth-order valence-corrected chi connectivity index (χ4v) is 3.69. The lowest BCUT2D eigenvalue weighted by Gasteiger charge is -2.03. The molecule has 0 bridgehead atoms. The van der Waals surface area contributed by atoms with Gasteiger partial charge in [0.1, 0.15) is 0 Å². The molecule has 0 fully saturated rings. The Bertz CT molecular complexity index is 1240. The number of aromatic nitrogens is 3. The van der Waals surface area contributed by atoms with Crippen molar-refractivity contribution in [2.75, 3.05) is 10.6 Å². The van der Waals surface area contributed by atoms with Gasteiger partial charge in [0.15, 0.2) is 0 Å². The molecule has 0 spiro atoms. The molecule has 30 heavy (non-hydrogen) atoms. The molecule has 0 atom stereocenters. The number of carbonyl (C=O) groups excluding carboxylic acids is 2. The smallest absolute Gasteiger partial charge is 0.250 e. The summed E-state index contributed by atoms with van der Waals surface area (Å²) in [4.78, 5) is 28.4. The second-order valence-corrected chi connectivity index (χ2v) is 7.58. The van der Waals surface area contributed by atoms with E-state index < -0.39 is 0 Å². The van der Waals surface area contributed by atoms with Crippen LogP contribution in [0.15, 0.2) is 60.0 Å². The molecule has 0 saturated carbocycles. The van der Waals surface area contributed by atoms with Crippen LogP contribution < -0.4 is 10.6 Å². The van der Waals surface area contributed by atoms with Crippen molar-refractivity contribution in [3.8, 4) is 11.3 Å². The number of nitrogens with zero attached hydrogens (tertiary/aromatic N) is 3. The molecule has 0 radical (unpaired) electrons. The Hall–Kier alpha value is -3.78. The van der Waals surface area contributed by atoms with Crippen LogP contribution in [0.1, 0.15) is 18.1 Å². The number of carbonyl (C=O) groups is 2. The number of aryl methyl sites for hydroxylation is 1. The summed E-state index contributed by atoms with van der Waals surface area (Å²) in [5.74, 6) is -0.166. The van der Waals surface area contributed by atoms with E-state index in [4.69, 9.17) is 0 Å². The van der Waals surface area contributed by atoms with Crippen molar-refractivity contribution in [3.63, 3.8) is 0 Å². The summed E-state index contributed by atoms with van der Waals surface area (Å²) in [6.45, 7) is 3.49. The molecule has 0 aliphatic carbocycles. The lowest BCUT2D eigenvalue weighted by Crippen LogP contribution is -2.09. The quantitative estimate of drug-likeness (QED) is 0.472. The number of nitrogens with one attached hydrogen (secondary N) is 2. The summed E-state index contributed by atoms with van der Waals surface area (Å²) in [5.41, 5.74) is 4.62. The molecule has 2 amide bonds. The molecule has 0 aliphatic rings. The maximum absolute atomic E-state index is 12.2. The fourth-order valence-electron chi connectivity index (χ4n) is 2.86. The first kappa shape index (κ1) is 19.5. The van der Waals surface area contributed by atoms with Gasteiger partial charge in [0.05, 0.1) is 5.69 Å². The minimum atomic E-state index is -0.296. The van der Waals surface area contributed by atoms with Gasteiger partial charge in [0.25, 0.3) is 11.9 Å². The van der Waals surface area contributed by atoms with Crippen molar-refractivity contribution >= 4 is 45.8 Å². The second-order valence-electron chi connectivity index (χ2n) is 6.74. The SMILES string of the molecule is CC(=O)Nc1ccc(-c2csc3nc(NC(=O)/C=C/c4ccc(C)cc4)nn23)cc1. The Morgan fingerprint density at radius 3 is 2.47 bits per heavy atom. The molecular formula is C22H19N5O2S. The van der Waals surface area contributed by atoms with Crippen LogP contribution in [-0.2, 0) is 9.59 Å². The molecule has 8 heteroatoms. The van der Waals surface area contributed by atoms with Crippen LogP contribution in [0, 0.1) is 6.92 Å². The van der Waals surface area contributed by atoms with Crippen LogP contribution in [-0.4, -0.2) is 26.4 Å². The molecule has 4 aromatic rings. The molecule has 2 aromatic carbocycles. The first-order valence-corrected chi connectivity index (χ1v) is 10.1. The van der Waals surface area contributed by atoms with E-state index in [-0.39, 0.29) is 17.8 Å². The molecule has 7 nitrogen and oxygen atoms in total. The van der Waals surface area contributed by atoms with E-state index in [0.29, 0.717) is 4.96 Å². The third-order valence-corrected chi connectivity index (χ3v) is 5.14. The highest BCUT2D eigenvalue weighted by Gasteiger charge is 2.12. The summed E-state index contributed by atoms with van der Waals surface area (Å²) in [5, 5.41) is 11.8. The highest BCUT2D eigenvalue weighted by Crippen LogP contribution is 2.27. The minimum Gasteiger partial charge on any atom is -0.326 e. The Morgan fingerprint density at radius 1 is 1.03 bits per heavy atom. The van der Waals surface area contributed by atoms with Crippen molar-refractivity contribution < 1.29 is 9.59 Å². The lowest BCUT2D eigenvalue weighted by molar-refractivity contribution is -0.114. The fraction of sp³-hybridized carbons (Fsp3) is 0.0909. The Morgan fingerprint density at radius 2 is 1.77 bits per heavy atom. The monoisotopic (exact) mass is 417 g/mol. The zero-order valence-corrected chi connectivity index (χ0v) is 17.2. The van der Waals surface area contributed by atoms with Crippen LogP contribution in [0.3, 0.4) is 0 Å². The molecule has 150 valence electrons. The van der Waals surface area contributed by atoms with Gasteiger partial charge in [0.2, 0.25) is 10.9 Å². The lowest BCUT2D eigenvalue weighted by atomic mass is 10.1. The van der Waals surface area contributed by atoms with Gasteiger partial charge < -0.3 is 5.32 Å². The van der Waals surface area contributed by atoms with Crippen molar-refractivity contribution in [1.29, 1.82) is 0 Å². The van der Waals surface area contributed by atoms with Crippen molar-refractivity contribution in [2.45, 2.75) is 13.8 Å². The van der Waals surface area contributed by atoms with E-state index in [1.807, 2.05) is 60.8 Å². The number of amides is 2. The number of benzene rings is 2. The molecule has 2 N–H and O–H groups in total. The highest BCUT2D eigenvalue weighted by molar-refractivity contribution is 7.15. The zero-order chi connectivity index (χ0) is 21.1. The van der Waals surface area contributed by atoms with Gasteiger partial charge in [-0.15, -0.1) is 16.4 Å². The molecule has 0 aliphatic heterocycles. The molecule has 2 aromatic heterocycles. The third-order valence-electron chi connectivity index (χ3n) is 4.32. The minimum absolute atomic E-state index is 0.117. The molecule has 0 unspecified atom stereocenters. The van der Waals surface area contributed by atoms with Gasteiger partial charge in [-0.25, -0.2) is 4.52 Å². The van der Waals surface area contributed by atoms with Gasteiger partial charge in [0, 0.05) is 29.6 Å². The van der Waals surface area contributed by atoms with Gasteiger partial charge in [-0.05, 0) is 30.7 Å². The van der Waals surface area contributed by atoms with Crippen LogP contribution in [0.2, 0.25) is 0 Å². The van der Waals surface area contributed by atoms with Crippen LogP contribution in [0.25, 0.3) is 22.3 Å². The summed E-state index contributed by atoms with van der Waals surface area (Å²) < 4.78 is 1.69. The second kappa shape index (κ2) is 8.30. The normalized spacial score (nSPS) is 11.1. The maximum atomic E-state index is 12.2. The summed E-state index contributed by atoms with van der Waals surface area (Å²) in [6.07, 6.45) is 3.21. The van der Waals surface area contributed by atoms with Crippen LogP contribution in [0.5, 0.6) is 0 Å². The molecule has 2 heterocycles. The van der Waals surface area contributed by atoms with E-state index in [2.05, 4.69) is 20.7 Å². The largest absolute Gasteiger partial charge is 0.326 e. The predicted octanol–water partition coefficient (Wildman–Crippen LogP) is 4.38. The number of hydrogen-bond acceptors (Lipinski definition) is 5. The Kier molecular flexibility index (Phi) is 5.40. The van der Waals surface area contributed by atoms with Crippen LogP contribution >= 0.6 is 11.3 Å². The van der Waals surface area contributed by atoms with Crippen molar-refractivity contribution in [1.82, 2.24) is 14.6 Å².